The van der Waals surface area contributed by atoms with Crippen molar-refractivity contribution in [3.05, 3.63) is 83.9 Å². The van der Waals surface area contributed by atoms with Crippen LogP contribution in [0.15, 0.2) is 72.8 Å². The molecule has 8 nitrogen and oxygen atoms in total. The van der Waals surface area contributed by atoms with Crippen molar-refractivity contribution in [3.63, 3.8) is 0 Å². The van der Waals surface area contributed by atoms with Crippen molar-refractivity contribution >= 4 is 11.8 Å². The first kappa shape index (κ1) is 28.4. The number of nitrogens with zero attached hydrogens (tertiary/aromatic N) is 1. The average molecular weight is 521 g/mol. The third-order valence-corrected chi connectivity index (χ3v) is 5.88. The van der Waals surface area contributed by atoms with E-state index in [0.717, 1.165) is 11.1 Å². The summed E-state index contributed by atoms with van der Waals surface area (Å²) in [5.41, 5.74) is 1.77. The maximum absolute atomic E-state index is 13.7. The van der Waals surface area contributed by atoms with Crippen LogP contribution in [-0.4, -0.2) is 56.7 Å². The van der Waals surface area contributed by atoms with Gasteiger partial charge in [0, 0.05) is 37.2 Å². The molecule has 8 heteroatoms. The highest BCUT2D eigenvalue weighted by atomic mass is 16.5. The predicted octanol–water partition coefficient (Wildman–Crippen LogP) is 4.26. The van der Waals surface area contributed by atoms with Gasteiger partial charge >= 0.3 is 0 Å². The molecule has 0 radical (unpaired) electrons. The topological polar surface area (TPSA) is 86.3 Å². The van der Waals surface area contributed by atoms with Crippen LogP contribution in [0.4, 0.5) is 0 Å². The fourth-order valence-corrected chi connectivity index (χ4v) is 3.99. The van der Waals surface area contributed by atoms with Crippen LogP contribution < -0.4 is 24.3 Å². The molecule has 0 saturated heterocycles. The monoisotopic (exact) mass is 520 g/mol. The Hall–Kier alpha value is -4.20. The second-order valence-electron chi connectivity index (χ2n) is 9.08. The fraction of sp³-hybridized carbons (Fsp3) is 0.333. The molecule has 0 unspecified atom stereocenters. The first-order chi connectivity index (χ1) is 18.3. The Morgan fingerprint density at radius 2 is 1.37 bits per heavy atom. The molecule has 3 aromatic carbocycles. The van der Waals surface area contributed by atoms with E-state index in [9.17, 15) is 9.59 Å². The molecule has 0 saturated carbocycles. The second-order valence-corrected chi connectivity index (χ2v) is 9.08. The minimum atomic E-state index is -0.762. The van der Waals surface area contributed by atoms with Crippen molar-refractivity contribution in [3.8, 4) is 23.0 Å². The number of nitrogens with one attached hydrogen (secondary N) is 1. The molecule has 2 amide bonds. The van der Waals surface area contributed by atoms with Gasteiger partial charge in [0.25, 0.3) is 5.91 Å². The molecule has 1 N–H and O–H groups in total. The summed E-state index contributed by atoms with van der Waals surface area (Å²) in [5, 5.41) is 2.98. The summed E-state index contributed by atoms with van der Waals surface area (Å²) in [6.07, 6.45) is 0.349. The van der Waals surface area contributed by atoms with Gasteiger partial charge in [0.15, 0.2) is 6.61 Å². The molecule has 38 heavy (non-hydrogen) atoms. The average Bonchev–Trinajstić information content (AvgIpc) is 2.93. The zero-order chi connectivity index (χ0) is 27.5. The molecular formula is C30H36N2O6. The predicted molar refractivity (Wildman–Crippen MR) is 146 cm³/mol. The number of carbonyl (C=O) groups excluding carboxylic acids is 2. The Kier molecular flexibility index (Phi) is 10.4. The molecule has 0 aliphatic heterocycles. The standard InChI is InChI=1S/C30H36N2O6/c1-21(2)31-30(34)28(15-22-10-7-6-8-11-22)32(19-23-12-9-13-24(14-23)35-3)29(33)20-38-27-17-25(36-4)16-26(18-27)37-5/h6-14,16-18,21,28H,15,19-20H2,1-5H3,(H,31,34)/t28-/m0/s1. The summed E-state index contributed by atoms with van der Waals surface area (Å²) in [5.74, 6) is 1.59. The van der Waals surface area contributed by atoms with E-state index in [1.807, 2.05) is 68.4 Å². The molecule has 0 spiro atoms. The summed E-state index contributed by atoms with van der Waals surface area (Å²) in [7, 11) is 4.68. The van der Waals surface area contributed by atoms with Crippen molar-refractivity contribution < 1.29 is 28.5 Å². The van der Waals surface area contributed by atoms with Gasteiger partial charge < -0.3 is 29.2 Å². The quantitative estimate of drug-likeness (QED) is 0.363. The van der Waals surface area contributed by atoms with Crippen LogP contribution in [-0.2, 0) is 22.6 Å². The van der Waals surface area contributed by atoms with Gasteiger partial charge in [-0.2, -0.15) is 0 Å². The highest BCUT2D eigenvalue weighted by Gasteiger charge is 2.31. The van der Waals surface area contributed by atoms with E-state index in [4.69, 9.17) is 18.9 Å². The SMILES string of the molecule is COc1cccc(CN(C(=O)COc2cc(OC)cc(OC)c2)[C@@H](Cc2ccccc2)C(=O)NC(C)C)c1. The number of ether oxygens (including phenoxy) is 4. The van der Waals surface area contributed by atoms with Gasteiger partial charge in [-0.15, -0.1) is 0 Å². The lowest BCUT2D eigenvalue weighted by atomic mass is 10.0. The number of methoxy groups -OCH3 is 3. The Morgan fingerprint density at radius 3 is 1.97 bits per heavy atom. The number of rotatable bonds is 13. The summed E-state index contributed by atoms with van der Waals surface area (Å²) < 4.78 is 21.9. The van der Waals surface area contributed by atoms with E-state index in [0.29, 0.717) is 29.4 Å². The van der Waals surface area contributed by atoms with Crippen LogP contribution in [0.2, 0.25) is 0 Å². The van der Waals surface area contributed by atoms with E-state index in [-0.39, 0.29) is 31.0 Å². The Morgan fingerprint density at radius 1 is 0.763 bits per heavy atom. The summed E-state index contributed by atoms with van der Waals surface area (Å²) in [6.45, 7) is 3.71. The molecule has 3 aromatic rings. The minimum absolute atomic E-state index is 0.0879. The summed E-state index contributed by atoms with van der Waals surface area (Å²) in [4.78, 5) is 28.8. The fourth-order valence-electron chi connectivity index (χ4n) is 3.99. The molecule has 202 valence electrons. The van der Waals surface area contributed by atoms with Crippen LogP contribution >= 0.6 is 0 Å². The molecule has 3 rings (SSSR count). The van der Waals surface area contributed by atoms with Gasteiger partial charge in [0.1, 0.15) is 29.0 Å². The van der Waals surface area contributed by atoms with Crippen LogP contribution in [0, 0.1) is 0 Å². The molecule has 0 aliphatic rings. The van der Waals surface area contributed by atoms with E-state index < -0.39 is 6.04 Å². The number of carbonyl (C=O) groups is 2. The smallest absolute Gasteiger partial charge is 0.261 e. The number of hydrogen-bond donors (Lipinski definition) is 1. The highest BCUT2D eigenvalue weighted by molar-refractivity contribution is 5.88. The molecular weight excluding hydrogens is 484 g/mol. The second kappa shape index (κ2) is 13.9. The Balaban J connectivity index is 1.93. The van der Waals surface area contributed by atoms with Crippen LogP contribution in [0.5, 0.6) is 23.0 Å². The Bertz CT molecular complexity index is 1180. The lowest BCUT2D eigenvalue weighted by Crippen LogP contribution is -2.52. The molecule has 0 fully saturated rings. The summed E-state index contributed by atoms with van der Waals surface area (Å²) >= 11 is 0. The summed E-state index contributed by atoms with van der Waals surface area (Å²) in [6, 6.07) is 21.3. The first-order valence-electron chi connectivity index (χ1n) is 12.5. The lowest BCUT2D eigenvalue weighted by Gasteiger charge is -2.32. The van der Waals surface area contributed by atoms with Crippen molar-refractivity contribution in [2.24, 2.45) is 0 Å². The normalized spacial score (nSPS) is 11.4. The third kappa shape index (κ3) is 8.16. The van der Waals surface area contributed by atoms with Crippen LogP contribution in [0.1, 0.15) is 25.0 Å². The van der Waals surface area contributed by atoms with E-state index in [1.54, 1.807) is 44.4 Å². The molecule has 0 aromatic heterocycles. The lowest BCUT2D eigenvalue weighted by molar-refractivity contribution is -0.143. The zero-order valence-electron chi connectivity index (χ0n) is 22.6. The number of hydrogen-bond acceptors (Lipinski definition) is 6. The van der Waals surface area contributed by atoms with Crippen molar-refractivity contribution in [2.45, 2.75) is 38.9 Å². The van der Waals surface area contributed by atoms with E-state index in [1.165, 1.54) is 0 Å². The largest absolute Gasteiger partial charge is 0.497 e. The van der Waals surface area contributed by atoms with Gasteiger partial charge in [0.2, 0.25) is 5.91 Å². The minimum Gasteiger partial charge on any atom is -0.497 e. The number of benzene rings is 3. The maximum Gasteiger partial charge on any atom is 0.261 e. The first-order valence-corrected chi connectivity index (χ1v) is 12.5. The maximum atomic E-state index is 13.7. The van der Waals surface area contributed by atoms with E-state index >= 15 is 0 Å². The van der Waals surface area contributed by atoms with Gasteiger partial charge in [-0.3, -0.25) is 9.59 Å². The van der Waals surface area contributed by atoms with Gasteiger partial charge in [-0.05, 0) is 37.1 Å². The van der Waals surface area contributed by atoms with Crippen LogP contribution in [0.3, 0.4) is 0 Å². The van der Waals surface area contributed by atoms with Crippen molar-refractivity contribution in [1.82, 2.24) is 10.2 Å². The Labute approximate surface area is 224 Å². The third-order valence-electron chi connectivity index (χ3n) is 5.88. The van der Waals surface area contributed by atoms with E-state index in [2.05, 4.69) is 5.32 Å². The van der Waals surface area contributed by atoms with Crippen molar-refractivity contribution in [1.29, 1.82) is 0 Å². The van der Waals surface area contributed by atoms with Gasteiger partial charge in [0.05, 0.1) is 21.3 Å². The van der Waals surface area contributed by atoms with Gasteiger partial charge in [-0.25, -0.2) is 0 Å². The molecule has 1 atom stereocenters. The van der Waals surface area contributed by atoms with Crippen molar-refractivity contribution in [2.75, 3.05) is 27.9 Å². The number of amides is 2. The zero-order valence-corrected chi connectivity index (χ0v) is 22.6. The van der Waals surface area contributed by atoms with Gasteiger partial charge in [-0.1, -0.05) is 42.5 Å². The molecule has 0 aliphatic carbocycles. The highest BCUT2D eigenvalue weighted by Crippen LogP contribution is 2.27. The molecule has 0 heterocycles. The van der Waals surface area contributed by atoms with Crippen LogP contribution in [0.25, 0.3) is 0 Å². The molecule has 0 bridgehead atoms.